The van der Waals surface area contributed by atoms with Gasteiger partial charge < -0.3 is 9.47 Å². The molecule has 0 aliphatic heterocycles. The van der Waals surface area contributed by atoms with Crippen LogP contribution in [0.15, 0.2) is 48.5 Å². The molecule has 0 spiro atoms. The number of carbonyl (C=O) groups is 1. The molecule has 3 heteroatoms. The van der Waals surface area contributed by atoms with Gasteiger partial charge in [-0.3, -0.25) is 4.79 Å². The Kier molecular flexibility index (Phi) is 4.14. The Hall–Kier alpha value is -2.29. The van der Waals surface area contributed by atoms with E-state index in [1.165, 1.54) is 18.2 Å². The van der Waals surface area contributed by atoms with Gasteiger partial charge in [-0.1, -0.05) is 36.4 Å². The fourth-order valence-electron chi connectivity index (χ4n) is 2.85. The molecule has 0 bridgehead atoms. The van der Waals surface area contributed by atoms with Crippen molar-refractivity contribution in [3.05, 3.63) is 65.2 Å². The van der Waals surface area contributed by atoms with E-state index in [1.54, 1.807) is 0 Å². The van der Waals surface area contributed by atoms with Crippen LogP contribution in [0, 0.1) is 12.8 Å². The number of rotatable bonds is 5. The van der Waals surface area contributed by atoms with Gasteiger partial charge in [0.05, 0.1) is 13.0 Å². The van der Waals surface area contributed by atoms with Gasteiger partial charge in [-0.15, -0.1) is 0 Å². The summed E-state index contributed by atoms with van der Waals surface area (Å²) in [4.78, 5) is 11.5. The number of ether oxygens (including phenoxy) is 2. The highest BCUT2D eigenvalue weighted by Gasteiger charge is 2.45. The van der Waals surface area contributed by atoms with E-state index in [4.69, 9.17) is 9.47 Å². The zero-order valence-electron chi connectivity index (χ0n) is 12.9. The smallest absolute Gasteiger partial charge is 0.309 e. The molecule has 114 valence electrons. The summed E-state index contributed by atoms with van der Waals surface area (Å²) in [7, 11) is 1.45. The molecule has 1 saturated carbocycles. The van der Waals surface area contributed by atoms with Crippen molar-refractivity contribution in [2.45, 2.75) is 25.9 Å². The minimum Gasteiger partial charge on any atom is -0.489 e. The van der Waals surface area contributed by atoms with Crippen LogP contribution in [0.5, 0.6) is 5.75 Å². The topological polar surface area (TPSA) is 35.5 Å². The average molecular weight is 296 g/mol. The van der Waals surface area contributed by atoms with Crippen LogP contribution in [0.4, 0.5) is 0 Å². The predicted molar refractivity (Wildman–Crippen MR) is 84.8 cm³/mol. The van der Waals surface area contributed by atoms with E-state index in [9.17, 15) is 4.79 Å². The molecule has 2 aromatic rings. The number of hydrogen-bond acceptors (Lipinski definition) is 3. The van der Waals surface area contributed by atoms with Crippen LogP contribution in [-0.4, -0.2) is 13.1 Å². The number of benzene rings is 2. The number of esters is 1. The molecule has 22 heavy (non-hydrogen) atoms. The molecule has 0 aromatic heterocycles. The molecular formula is C19H20O3. The Bertz CT molecular complexity index is 664. The summed E-state index contributed by atoms with van der Waals surface area (Å²) in [5, 5.41) is 0. The maximum atomic E-state index is 11.5. The highest BCUT2D eigenvalue weighted by atomic mass is 16.5. The van der Waals surface area contributed by atoms with Gasteiger partial charge in [-0.2, -0.15) is 0 Å². The maximum absolute atomic E-state index is 11.5. The first kappa shape index (κ1) is 14.6. The van der Waals surface area contributed by atoms with Crippen LogP contribution in [0.25, 0.3) is 0 Å². The highest BCUT2D eigenvalue weighted by molar-refractivity contribution is 5.77. The van der Waals surface area contributed by atoms with Crippen molar-refractivity contribution in [2.24, 2.45) is 5.92 Å². The lowest BCUT2D eigenvalue weighted by molar-refractivity contribution is -0.142. The molecule has 1 fully saturated rings. The summed E-state index contributed by atoms with van der Waals surface area (Å²) in [6.07, 6.45) is 0.887. The number of methoxy groups -OCH3 is 1. The monoisotopic (exact) mass is 296 g/mol. The first-order valence-electron chi connectivity index (χ1n) is 7.54. The Balaban J connectivity index is 1.64. The van der Waals surface area contributed by atoms with Crippen molar-refractivity contribution in [2.75, 3.05) is 7.11 Å². The Morgan fingerprint density at radius 1 is 1.18 bits per heavy atom. The molecule has 1 aliphatic rings. The first-order chi connectivity index (χ1) is 10.7. The lowest BCUT2D eigenvalue weighted by Crippen LogP contribution is -2.04. The van der Waals surface area contributed by atoms with Crippen molar-refractivity contribution >= 4 is 5.97 Å². The molecular weight excluding hydrogens is 276 g/mol. The second-order valence-electron chi connectivity index (χ2n) is 5.76. The van der Waals surface area contributed by atoms with Crippen molar-refractivity contribution in [3.8, 4) is 5.75 Å². The van der Waals surface area contributed by atoms with Gasteiger partial charge in [0, 0.05) is 0 Å². The van der Waals surface area contributed by atoms with Gasteiger partial charge in [-0.25, -0.2) is 0 Å². The molecule has 1 aliphatic carbocycles. The Labute approximate surface area is 130 Å². The largest absolute Gasteiger partial charge is 0.489 e. The van der Waals surface area contributed by atoms with Crippen molar-refractivity contribution in [1.82, 2.24) is 0 Å². The highest BCUT2D eigenvalue weighted by Crippen LogP contribution is 2.49. The van der Waals surface area contributed by atoms with Crippen LogP contribution in [0.2, 0.25) is 0 Å². The predicted octanol–water partition coefficient (Wildman–Crippen LogP) is 3.85. The minimum absolute atomic E-state index is 0.0276. The lowest BCUT2D eigenvalue weighted by atomic mass is 10.0. The van der Waals surface area contributed by atoms with E-state index >= 15 is 0 Å². The van der Waals surface area contributed by atoms with E-state index in [0.29, 0.717) is 12.5 Å². The van der Waals surface area contributed by atoms with Gasteiger partial charge >= 0.3 is 5.97 Å². The number of aryl methyl sites for hydroxylation is 1. The molecule has 3 nitrogen and oxygen atoms in total. The number of carbonyl (C=O) groups excluding carboxylic acids is 1. The van der Waals surface area contributed by atoms with E-state index in [-0.39, 0.29) is 11.9 Å². The van der Waals surface area contributed by atoms with E-state index in [2.05, 4.69) is 13.0 Å². The standard InChI is InChI=1S/C19H20O3/c1-13-10-15(22-12-14-6-4-3-5-7-14)8-9-16(13)17-11-18(17)19(20)21-2/h3-10,17-18H,11-12H2,1-2H3. The fraction of sp³-hybridized carbons (Fsp3) is 0.316. The van der Waals surface area contributed by atoms with E-state index in [1.807, 2.05) is 42.5 Å². The molecule has 2 atom stereocenters. The second kappa shape index (κ2) is 6.22. The molecule has 2 unspecified atom stereocenters. The normalized spacial score (nSPS) is 19.5. The lowest BCUT2D eigenvalue weighted by Gasteiger charge is -2.10. The Morgan fingerprint density at radius 3 is 2.64 bits per heavy atom. The summed E-state index contributed by atoms with van der Waals surface area (Å²) >= 11 is 0. The van der Waals surface area contributed by atoms with Crippen LogP contribution in [0.3, 0.4) is 0 Å². The molecule has 0 saturated heterocycles. The van der Waals surface area contributed by atoms with Gasteiger partial charge in [-0.05, 0) is 48.1 Å². The van der Waals surface area contributed by atoms with Gasteiger partial charge in [0.25, 0.3) is 0 Å². The van der Waals surface area contributed by atoms with Crippen LogP contribution >= 0.6 is 0 Å². The minimum atomic E-state index is -0.103. The quantitative estimate of drug-likeness (QED) is 0.786. The van der Waals surface area contributed by atoms with Crippen molar-refractivity contribution in [3.63, 3.8) is 0 Å². The van der Waals surface area contributed by atoms with E-state index in [0.717, 1.165) is 17.7 Å². The summed E-state index contributed by atoms with van der Waals surface area (Å²) < 4.78 is 10.6. The van der Waals surface area contributed by atoms with Gasteiger partial charge in [0.2, 0.25) is 0 Å². The molecule has 0 radical (unpaired) electrons. The number of hydrogen-bond donors (Lipinski definition) is 0. The Morgan fingerprint density at radius 2 is 1.95 bits per heavy atom. The van der Waals surface area contributed by atoms with E-state index < -0.39 is 0 Å². The van der Waals surface area contributed by atoms with Crippen molar-refractivity contribution < 1.29 is 14.3 Å². The zero-order chi connectivity index (χ0) is 15.5. The zero-order valence-corrected chi connectivity index (χ0v) is 12.9. The SMILES string of the molecule is COC(=O)C1CC1c1ccc(OCc2ccccc2)cc1C. The molecule has 0 N–H and O–H groups in total. The summed E-state index contributed by atoms with van der Waals surface area (Å²) in [5.74, 6) is 1.09. The molecule has 0 amide bonds. The molecule has 3 rings (SSSR count). The summed E-state index contributed by atoms with van der Waals surface area (Å²) in [5.41, 5.74) is 3.54. The third kappa shape index (κ3) is 3.14. The van der Waals surface area contributed by atoms with Crippen LogP contribution in [-0.2, 0) is 16.1 Å². The van der Waals surface area contributed by atoms with Crippen LogP contribution in [0.1, 0.15) is 29.0 Å². The van der Waals surface area contributed by atoms with Gasteiger partial charge in [0.15, 0.2) is 0 Å². The second-order valence-corrected chi connectivity index (χ2v) is 5.76. The third-order valence-electron chi connectivity index (χ3n) is 4.18. The van der Waals surface area contributed by atoms with Gasteiger partial charge in [0.1, 0.15) is 12.4 Å². The summed E-state index contributed by atoms with van der Waals surface area (Å²) in [6, 6.07) is 16.2. The molecule has 0 heterocycles. The third-order valence-corrected chi connectivity index (χ3v) is 4.18. The van der Waals surface area contributed by atoms with Crippen LogP contribution < -0.4 is 4.74 Å². The maximum Gasteiger partial charge on any atom is 0.309 e. The summed E-state index contributed by atoms with van der Waals surface area (Å²) in [6.45, 7) is 2.63. The molecule has 2 aromatic carbocycles. The average Bonchev–Trinajstić information content (AvgIpc) is 3.33. The van der Waals surface area contributed by atoms with Crippen molar-refractivity contribution in [1.29, 1.82) is 0 Å². The fourth-order valence-corrected chi connectivity index (χ4v) is 2.85. The first-order valence-corrected chi connectivity index (χ1v) is 7.54.